The van der Waals surface area contributed by atoms with Gasteiger partial charge >= 0.3 is 0 Å². The van der Waals surface area contributed by atoms with Crippen LogP contribution >= 0.6 is 0 Å². The van der Waals surface area contributed by atoms with Gasteiger partial charge in [-0.1, -0.05) is 6.92 Å². The first-order valence-electron chi connectivity index (χ1n) is 7.18. The standard InChI is InChI=1S/C13H24N4O2S/c1-4-14-11(2)12-6-5-9-17(10-12)20(18,19)13-7-8-15-16(13)3/h7-8,11-12,14H,4-6,9-10H2,1-3H3. The molecule has 1 aliphatic heterocycles. The van der Waals surface area contributed by atoms with Crippen LogP contribution in [0, 0.1) is 5.92 Å². The van der Waals surface area contributed by atoms with Gasteiger partial charge in [-0.2, -0.15) is 9.40 Å². The van der Waals surface area contributed by atoms with Crippen LogP contribution < -0.4 is 5.32 Å². The molecule has 0 saturated carbocycles. The second-order valence-corrected chi connectivity index (χ2v) is 7.29. The summed E-state index contributed by atoms with van der Waals surface area (Å²) in [6.45, 7) is 6.30. The summed E-state index contributed by atoms with van der Waals surface area (Å²) >= 11 is 0. The van der Waals surface area contributed by atoms with Crippen LogP contribution in [0.2, 0.25) is 0 Å². The fraction of sp³-hybridized carbons (Fsp3) is 0.769. The minimum Gasteiger partial charge on any atom is -0.314 e. The second-order valence-electron chi connectivity index (χ2n) is 5.40. The molecule has 2 heterocycles. The number of piperidine rings is 1. The van der Waals surface area contributed by atoms with Gasteiger partial charge in [-0.05, 0) is 38.3 Å². The Hall–Kier alpha value is -0.920. The average Bonchev–Trinajstić information content (AvgIpc) is 2.86. The van der Waals surface area contributed by atoms with E-state index in [0.717, 1.165) is 19.4 Å². The Balaban J connectivity index is 2.15. The molecule has 6 nitrogen and oxygen atoms in total. The molecule has 20 heavy (non-hydrogen) atoms. The Morgan fingerprint density at radius 1 is 1.55 bits per heavy atom. The number of sulfonamides is 1. The summed E-state index contributed by atoms with van der Waals surface area (Å²) in [5, 5.41) is 7.63. The lowest BCUT2D eigenvalue weighted by molar-refractivity contribution is 0.224. The SMILES string of the molecule is CCNC(C)C1CCCN(S(=O)(=O)c2ccnn2C)C1. The molecule has 1 aromatic rings. The number of hydrogen-bond donors (Lipinski definition) is 1. The second kappa shape index (κ2) is 6.24. The minimum atomic E-state index is -3.42. The maximum atomic E-state index is 12.6. The van der Waals surface area contributed by atoms with Gasteiger partial charge in [-0.15, -0.1) is 0 Å². The molecule has 1 fully saturated rings. The molecule has 1 saturated heterocycles. The van der Waals surface area contributed by atoms with Crippen molar-refractivity contribution in [3.05, 3.63) is 12.3 Å². The minimum absolute atomic E-state index is 0.272. The van der Waals surface area contributed by atoms with E-state index in [2.05, 4.69) is 24.3 Å². The van der Waals surface area contributed by atoms with Gasteiger partial charge in [0.05, 0.1) is 6.20 Å². The predicted octanol–water partition coefficient (Wildman–Crippen LogP) is 0.819. The van der Waals surface area contributed by atoms with Gasteiger partial charge in [-0.3, -0.25) is 4.68 Å². The Kier molecular flexibility index (Phi) is 4.82. The van der Waals surface area contributed by atoms with Crippen molar-refractivity contribution in [2.75, 3.05) is 19.6 Å². The number of hydrogen-bond acceptors (Lipinski definition) is 4. The summed E-state index contributed by atoms with van der Waals surface area (Å²) < 4.78 is 28.3. The first-order chi connectivity index (χ1) is 9.46. The van der Waals surface area contributed by atoms with Gasteiger partial charge in [0.25, 0.3) is 10.0 Å². The largest absolute Gasteiger partial charge is 0.314 e. The topological polar surface area (TPSA) is 67.2 Å². The third-order valence-corrected chi connectivity index (χ3v) is 5.97. The predicted molar refractivity (Wildman–Crippen MR) is 77.8 cm³/mol. The lowest BCUT2D eigenvalue weighted by atomic mass is 9.93. The molecule has 7 heteroatoms. The lowest BCUT2D eigenvalue weighted by Gasteiger charge is -2.35. The Labute approximate surface area is 121 Å². The van der Waals surface area contributed by atoms with Crippen LogP contribution in [-0.4, -0.2) is 48.2 Å². The van der Waals surface area contributed by atoms with Gasteiger partial charge in [0.1, 0.15) is 0 Å². The molecule has 2 rings (SSSR count). The quantitative estimate of drug-likeness (QED) is 0.874. The van der Waals surface area contributed by atoms with Crippen molar-refractivity contribution < 1.29 is 8.42 Å². The van der Waals surface area contributed by atoms with Crippen LogP contribution in [0.4, 0.5) is 0 Å². The zero-order valence-corrected chi connectivity index (χ0v) is 13.2. The van der Waals surface area contributed by atoms with Crippen molar-refractivity contribution in [2.45, 2.75) is 37.8 Å². The van der Waals surface area contributed by atoms with Gasteiger partial charge < -0.3 is 5.32 Å². The van der Waals surface area contributed by atoms with Gasteiger partial charge in [-0.25, -0.2) is 8.42 Å². The Morgan fingerprint density at radius 2 is 2.30 bits per heavy atom. The summed E-state index contributed by atoms with van der Waals surface area (Å²) in [6.07, 6.45) is 3.51. The fourth-order valence-corrected chi connectivity index (χ4v) is 4.47. The molecule has 0 radical (unpaired) electrons. The first-order valence-corrected chi connectivity index (χ1v) is 8.62. The van der Waals surface area contributed by atoms with Gasteiger partial charge in [0, 0.05) is 26.2 Å². The number of nitrogens with one attached hydrogen (secondary N) is 1. The van der Waals surface area contributed by atoms with E-state index in [1.807, 2.05) is 0 Å². The van der Waals surface area contributed by atoms with E-state index in [-0.39, 0.29) is 5.03 Å². The highest BCUT2D eigenvalue weighted by Gasteiger charge is 2.33. The highest BCUT2D eigenvalue weighted by Crippen LogP contribution is 2.25. The molecule has 0 spiro atoms. The summed E-state index contributed by atoms with van der Waals surface area (Å²) in [4.78, 5) is 0. The van der Waals surface area contributed by atoms with Crippen molar-refractivity contribution in [1.82, 2.24) is 19.4 Å². The van der Waals surface area contributed by atoms with E-state index in [0.29, 0.717) is 25.0 Å². The van der Waals surface area contributed by atoms with E-state index in [1.165, 1.54) is 10.9 Å². The van der Waals surface area contributed by atoms with Crippen molar-refractivity contribution in [3.63, 3.8) is 0 Å². The molecule has 2 unspecified atom stereocenters. The summed E-state index contributed by atoms with van der Waals surface area (Å²) in [5.41, 5.74) is 0. The van der Waals surface area contributed by atoms with E-state index in [9.17, 15) is 8.42 Å². The van der Waals surface area contributed by atoms with Gasteiger partial charge in [0.15, 0.2) is 5.03 Å². The van der Waals surface area contributed by atoms with Crippen molar-refractivity contribution >= 4 is 10.0 Å². The van der Waals surface area contributed by atoms with Gasteiger partial charge in [0.2, 0.25) is 0 Å². The average molecular weight is 300 g/mol. The van der Waals surface area contributed by atoms with Crippen LogP contribution in [0.15, 0.2) is 17.3 Å². The molecule has 114 valence electrons. The van der Waals surface area contributed by atoms with Crippen LogP contribution in [0.5, 0.6) is 0 Å². The third kappa shape index (κ3) is 3.05. The molecule has 2 atom stereocenters. The molecule has 1 aromatic heterocycles. The first kappa shape index (κ1) is 15.5. The molecule has 0 amide bonds. The Morgan fingerprint density at radius 3 is 2.90 bits per heavy atom. The molecule has 0 bridgehead atoms. The van der Waals surface area contributed by atoms with E-state index < -0.39 is 10.0 Å². The summed E-state index contributed by atoms with van der Waals surface area (Å²) in [5.74, 6) is 0.367. The van der Waals surface area contributed by atoms with E-state index >= 15 is 0 Å². The number of aromatic nitrogens is 2. The zero-order valence-electron chi connectivity index (χ0n) is 12.4. The van der Waals surface area contributed by atoms with E-state index in [4.69, 9.17) is 0 Å². The summed E-state index contributed by atoms with van der Waals surface area (Å²) in [6, 6.07) is 1.90. The maximum Gasteiger partial charge on any atom is 0.260 e. The molecule has 0 aromatic carbocycles. The fourth-order valence-electron chi connectivity index (χ4n) is 2.84. The molecular weight excluding hydrogens is 276 g/mol. The monoisotopic (exact) mass is 300 g/mol. The number of nitrogens with zero attached hydrogens (tertiary/aromatic N) is 3. The van der Waals surface area contributed by atoms with Crippen LogP contribution in [-0.2, 0) is 17.1 Å². The molecule has 1 N–H and O–H groups in total. The third-order valence-electron chi connectivity index (χ3n) is 4.03. The molecule has 1 aliphatic rings. The number of aryl methyl sites for hydroxylation is 1. The smallest absolute Gasteiger partial charge is 0.260 e. The van der Waals surface area contributed by atoms with E-state index in [1.54, 1.807) is 17.4 Å². The van der Waals surface area contributed by atoms with Crippen LogP contribution in [0.3, 0.4) is 0 Å². The normalized spacial score (nSPS) is 22.9. The highest BCUT2D eigenvalue weighted by atomic mass is 32.2. The lowest BCUT2D eigenvalue weighted by Crippen LogP contribution is -2.46. The molecular formula is C13H24N4O2S. The van der Waals surface area contributed by atoms with Crippen LogP contribution in [0.1, 0.15) is 26.7 Å². The maximum absolute atomic E-state index is 12.6. The number of rotatable bonds is 5. The molecule has 0 aliphatic carbocycles. The van der Waals surface area contributed by atoms with Crippen molar-refractivity contribution in [1.29, 1.82) is 0 Å². The van der Waals surface area contributed by atoms with Crippen molar-refractivity contribution in [2.24, 2.45) is 13.0 Å². The zero-order chi connectivity index (χ0) is 14.8. The van der Waals surface area contributed by atoms with Crippen LogP contribution in [0.25, 0.3) is 0 Å². The van der Waals surface area contributed by atoms with Crippen molar-refractivity contribution in [3.8, 4) is 0 Å². The highest BCUT2D eigenvalue weighted by molar-refractivity contribution is 7.89. The Bertz CT molecular complexity index is 540. The summed E-state index contributed by atoms with van der Waals surface area (Å²) in [7, 11) is -1.76.